The van der Waals surface area contributed by atoms with Crippen molar-refractivity contribution in [2.24, 2.45) is 0 Å². The molecule has 0 bridgehead atoms. The van der Waals surface area contributed by atoms with Crippen LogP contribution in [0.1, 0.15) is 24.5 Å². The molecule has 0 spiro atoms. The van der Waals surface area contributed by atoms with Gasteiger partial charge in [-0.3, -0.25) is 9.48 Å². The second-order valence-electron chi connectivity index (χ2n) is 7.31. The first-order valence-corrected chi connectivity index (χ1v) is 9.75. The number of nitrogens with zero attached hydrogens (tertiary/aromatic N) is 4. The van der Waals surface area contributed by atoms with Crippen LogP contribution in [-0.4, -0.2) is 65.0 Å². The maximum Gasteiger partial charge on any atom is 0.244 e. The molecule has 2 N–H and O–H groups in total. The van der Waals surface area contributed by atoms with Gasteiger partial charge in [0.1, 0.15) is 12.3 Å². The molecular formula is C20H27N5O2. The highest BCUT2D eigenvalue weighted by Crippen LogP contribution is 2.27. The predicted molar refractivity (Wildman–Crippen MR) is 104 cm³/mol. The van der Waals surface area contributed by atoms with Gasteiger partial charge in [-0.05, 0) is 37.6 Å². The van der Waals surface area contributed by atoms with Gasteiger partial charge in [0.2, 0.25) is 5.91 Å². The number of aromatic hydroxyl groups is 1. The van der Waals surface area contributed by atoms with E-state index in [1.54, 1.807) is 12.3 Å². The molecule has 2 saturated heterocycles. The number of phenolic OH excluding ortho intramolecular Hbond substituents is 1. The highest BCUT2D eigenvalue weighted by atomic mass is 16.3. The Kier molecular flexibility index (Phi) is 5.29. The maximum atomic E-state index is 12.8. The van der Waals surface area contributed by atoms with Crippen molar-refractivity contribution in [3.05, 3.63) is 42.2 Å². The average Bonchev–Trinajstić information content (AvgIpc) is 3.17. The smallest absolute Gasteiger partial charge is 0.244 e. The van der Waals surface area contributed by atoms with E-state index in [-0.39, 0.29) is 5.91 Å². The van der Waals surface area contributed by atoms with Crippen LogP contribution in [0.2, 0.25) is 0 Å². The summed E-state index contributed by atoms with van der Waals surface area (Å²) in [5, 5.41) is 17.9. The van der Waals surface area contributed by atoms with Gasteiger partial charge in [0, 0.05) is 50.5 Å². The van der Waals surface area contributed by atoms with Gasteiger partial charge in [-0.1, -0.05) is 12.1 Å². The molecule has 0 radical (unpaired) electrons. The molecule has 1 unspecified atom stereocenters. The van der Waals surface area contributed by atoms with Crippen LogP contribution in [0.25, 0.3) is 0 Å². The van der Waals surface area contributed by atoms with Crippen LogP contribution in [0.5, 0.6) is 5.75 Å². The van der Waals surface area contributed by atoms with Gasteiger partial charge in [0.15, 0.2) is 0 Å². The third-order valence-corrected chi connectivity index (χ3v) is 5.60. The molecule has 2 aliphatic rings. The molecule has 3 heterocycles. The summed E-state index contributed by atoms with van der Waals surface area (Å²) in [6.07, 6.45) is 4.11. The van der Waals surface area contributed by atoms with Crippen molar-refractivity contribution < 1.29 is 9.90 Å². The fraction of sp³-hybridized carbons (Fsp3) is 0.500. The molecule has 1 aromatic carbocycles. The lowest BCUT2D eigenvalue weighted by Crippen LogP contribution is -2.49. The minimum Gasteiger partial charge on any atom is -0.506 e. The molecule has 144 valence electrons. The van der Waals surface area contributed by atoms with Gasteiger partial charge in [0.05, 0.1) is 5.69 Å². The third kappa shape index (κ3) is 3.93. The molecule has 7 nitrogen and oxygen atoms in total. The van der Waals surface area contributed by atoms with Gasteiger partial charge >= 0.3 is 0 Å². The van der Waals surface area contributed by atoms with Crippen LogP contribution in [0.15, 0.2) is 36.5 Å². The molecule has 0 aliphatic carbocycles. The number of rotatable bonds is 4. The highest BCUT2D eigenvalue weighted by Gasteiger charge is 2.25. The molecule has 0 saturated carbocycles. The van der Waals surface area contributed by atoms with E-state index in [1.165, 1.54) is 0 Å². The van der Waals surface area contributed by atoms with E-state index in [2.05, 4.69) is 15.3 Å². The van der Waals surface area contributed by atoms with Crippen LogP contribution in [0, 0.1) is 0 Å². The fourth-order valence-corrected chi connectivity index (χ4v) is 4.08. The minimum absolute atomic E-state index is 0.112. The number of para-hydroxylation sites is 2. The van der Waals surface area contributed by atoms with Crippen LogP contribution in [0.4, 0.5) is 5.69 Å². The van der Waals surface area contributed by atoms with E-state index < -0.39 is 0 Å². The Balaban J connectivity index is 1.35. The van der Waals surface area contributed by atoms with E-state index in [0.717, 1.165) is 50.4 Å². The number of aromatic nitrogens is 2. The normalized spacial score (nSPS) is 20.7. The maximum absolute atomic E-state index is 12.8. The van der Waals surface area contributed by atoms with Crippen LogP contribution >= 0.6 is 0 Å². The number of hydrogen-bond acceptors (Lipinski definition) is 5. The fourth-order valence-electron chi connectivity index (χ4n) is 4.08. The van der Waals surface area contributed by atoms with Gasteiger partial charge in [0.25, 0.3) is 0 Å². The second kappa shape index (κ2) is 8.00. The largest absolute Gasteiger partial charge is 0.506 e. The number of anilines is 1. The average molecular weight is 369 g/mol. The zero-order valence-corrected chi connectivity index (χ0v) is 15.5. The van der Waals surface area contributed by atoms with E-state index in [1.807, 2.05) is 33.8 Å². The van der Waals surface area contributed by atoms with E-state index in [4.69, 9.17) is 0 Å². The Morgan fingerprint density at radius 2 is 2.00 bits per heavy atom. The van der Waals surface area contributed by atoms with E-state index in [0.29, 0.717) is 31.3 Å². The summed E-state index contributed by atoms with van der Waals surface area (Å²) in [6.45, 7) is 5.10. The molecule has 2 aliphatic heterocycles. The summed E-state index contributed by atoms with van der Waals surface area (Å²) in [5.41, 5.74) is 1.99. The standard InChI is InChI=1S/C20H27N5O2/c26-19-6-2-1-5-18(19)23-10-12-24(13-11-23)20(27)15-25-17(7-9-22-25)16-4-3-8-21-14-16/h1-2,5-7,9,16,21,26H,3-4,8,10-15H2. The highest BCUT2D eigenvalue weighted by molar-refractivity contribution is 5.76. The van der Waals surface area contributed by atoms with E-state index >= 15 is 0 Å². The Morgan fingerprint density at radius 3 is 2.74 bits per heavy atom. The molecule has 1 atom stereocenters. The summed E-state index contributed by atoms with van der Waals surface area (Å²) in [6, 6.07) is 9.41. The first-order valence-electron chi connectivity index (χ1n) is 9.75. The number of carbonyl (C=O) groups is 1. The topological polar surface area (TPSA) is 73.6 Å². The van der Waals surface area contributed by atoms with Gasteiger partial charge < -0.3 is 20.2 Å². The van der Waals surface area contributed by atoms with Crippen LogP contribution in [-0.2, 0) is 11.3 Å². The lowest BCUT2D eigenvalue weighted by atomic mass is 9.96. The Bertz CT molecular complexity index is 776. The predicted octanol–water partition coefficient (Wildman–Crippen LogP) is 1.40. The molecule has 1 amide bonds. The summed E-state index contributed by atoms with van der Waals surface area (Å²) in [7, 11) is 0. The zero-order valence-electron chi connectivity index (χ0n) is 15.5. The Hall–Kier alpha value is -2.54. The number of nitrogens with one attached hydrogen (secondary N) is 1. The first kappa shape index (κ1) is 17.9. The molecular weight excluding hydrogens is 342 g/mol. The van der Waals surface area contributed by atoms with Crippen molar-refractivity contribution in [3.8, 4) is 5.75 Å². The van der Waals surface area contributed by atoms with Gasteiger partial charge in [-0.2, -0.15) is 5.10 Å². The molecule has 1 aromatic heterocycles. The van der Waals surface area contributed by atoms with Crippen molar-refractivity contribution in [2.75, 3.05) is 44.2 Å². The second-order valence-corrected chi connectivity index (χ2v) is 7.31. The summed E-state index contributed by atoms with van der Waals surface area (Å²) in [4.78, 5) is 16.8. The van der Waals surface area contributed by atoms with Crippen LogP contribution < -0.4 is 10.2 Å². The molecule has 2 aromatic rings. The van der Waals surface area contributed by atoms with Gasteiger partial charge in [-0.15, -0.1) is 0 Å². The lowest BCUT2D eigenvalue weighted by molar-refractivity contribution is -0.132. The van der Waals surface area contributed by atoms with Crippen molar-refractivity contribution in [1.29, 1.82) is 0 Å². The summed E-state index contributed by atoms with van der Waals surface area (Å²) >= 11 is 0. The Labute approximate surface area is 159 Å². The number of piperidine rings is 1. The van der Waals surface area contributed by atoms with Crippen molar-refractivity contribution in [3.63, 3.8) is 0 Å². The lowest BCUT2D eigenvalue weighted by Gasteiger charge is -2.36. The monoisotopic (exact) mass is 369 g/mol. The molecule has 4 rings (SSSR count). The quantitative estimate of drug-likeness (QED) is 0.852. The number of piperazine rings is 1. The third-order valence-electron chi connectivity index (χ3n) is 5.60. The number of phenols is 1. The SMILES string of the molecule is O=C(Cn1nccc1C1CCCNC1)N1CCN(c2ccccc2O)CC1. The number of carbonyl (C=O) groups excluding carboxylic acids is 1. The van der Waals surface area contributed by atoms with Crippen molar-refractivity contribution >= 4 is 11.6 Å². The number of amides is 1. The zero-order chi connectivity index (χ0) is 18.6. The number of hydrogen-bond donors (Lipinski definition) is 2. The van der Waals surface area contributed by atoms with Crippen LogP contribution in [0.3, 0.4) is 0 Å². The van der Waals surface area contributed by atoms with Crippen molar-refractivity contribution in [2.45, 2.75) is 25.3 Å². The van der Waals surface area contributed by atoms with Crippen molar-refractivity contribution in [1.82, 2.24) is 20.0 Å². The molecule has 7 heteroatoms. The number of benzene rings is 1. The summed E-state index contributed by atoms with van der Waals surface area (Å²) in [5.74, 6) is 0.840. The molecule has 27 heavy (non-hydrogen) atoms. The summed E-state index contributed by atoms with van der Waals surface area (Å²) < 4.78 is 1.87. The van der Waals surface area contributed by atoms with Gasteiger partial charge in [-0.25, -0.2) is 0 Å². The Morgan fingerprint density at radius 1 is 1.19 bits per heavy atom. The van der Waals surface area contributed by atoms with E-state index in [9.17, 15) is 9.90 Å². The molecule has 2 fully saturated rings. The minimum atomic E-state index is 0.112. The first-order chi connectivity index (χ1) is 13.2.